The number of benzene rings is 1. The van der Waals surface area contributed by atoms with Gasteiger partial charge in [-0.25, -0.2) is 4.79 Å². The Morgan fingerprint density at radius 3 is 2.32 bits per heavy atom. The Bertz CT molecular complexity index is 709. The van der Waals surface area contributed by atoms with Gasteiger partial charge in [-0.2, -0.15) is 0 Å². The van der Waals surface area contributed by atoms with Crippen LogP contribution in [-0.4, -0.2) is 31.1 Å². The Morgan fingerprint density at radius 1 is 1.11 bits per heavy atom. The van der Waals surface area contributed by atoms with E-state index in [4.69, 9.17) is 9.47 Å². The maximum absolute atomic E-state index is 12.6. The normalized spacial score (nSPS) is 31.3. The fraction of sp³-hybridized carbons (Fsp3) is 0.652. The van der Waals surface area contributed by atoms with Crippen molar-refractivity contribution in [3.8, 4) is 5.75 Å². The minimum atomic E-state index is -0.430. The van der Waals surface area contributed by atoms with Crippen LogP contribution in [0.15, 0.2) is 24.3 Å². The molecule has 1 aromatic carbocycles. The number of nitrogens with one attached hydrogen (secondary N) is 1. The number of para-hydroxylation sites is 1. The van der Waals surface area contributed by atoms with Gasteiger partial charge in [-0.05, 0) is 87.7 Å². The van der Waals surface area contributed by atoms with Crippen molar-refractivity contribution in [1.29, 1.82) is 0 Å². The maximum atomic E-state index is 12.6. The number of amides is 1. The van der Waals surface area contributed by atoms with E-state index < -0.39 is 5.97 Å². The lowest BCUT2D eigenvalue weighted by Gasteiger charge is -2.59. The van der Waals surface area contributed by atoms with Crippen LogP contribution in [0.3, 0.4) is 0 Å². The Morgan fingerprint density at radius 2 is 1.71 bits per heavy atom. The molecule has 0 radical (unpaired) electrons. The van der Waals surface area contributed by atoms with Crippen molar-refractivity contribution in [2.75, 3.05) is 13.2 Å². The van der Waals surface area contributed by atoms with Gasteiger partial charge in [0.15, 0.2) is 6.61 Å². The largest absolute Gasteiger partial charge is 0.483 e. The molecule has 4 saturated carbocycles. The summed E-state index contributed by atoms with van der Waals surface area (Å²) in [6.07, 6.45) is 7.96. The van der Waals surface area contributed by atoms with Crippen LogP contribution in [0.1, 0.15) is 62.7 Å². The van der Waals surface area contributed by atoms with E-state index in [1.807, 2.05) is 0 Å². The molecule has 0 aromatic heterocycles. The van der Waals surface area contributed by atoms with Crippen LogP contribution in [0.25, 0.3) is 0 Å². The third kappa shape index (κ3) is 3.76. The molecule has 0 heterocycles. The molecular weight excluding hydrogens is 354 g/mol. The fourth-order valence-corrected chi connectivity index (χ4v) is 6.26. The van der Waals surface area contributed by atoms with Gasteiger partial charge in [0.05, 0.1) is 6.61 Å². The van der Waals surface area contributed by atoms with Gasteiger partial charge in [-0.15, -0.1) is 0 Å². The van der Waals surface area contributed by atoms with Crippen LogP contribution in [0.2, 0.25) is 0 Å². The molecule has 1 aromatic rings. The van der Waals surface area contributed by atoms with Gasteiger partial charge in [-0.3, -0.25) is 4.79 Å². The number of esters is 1. The molecule has 1 atom stereocenters. The molecule has 152 valence electrons. The number of ether oxygens (including phenoxy) is 2. The lowest BCUT2D eigenvalue weighted by atomic mass is 9.48. The first-order valence-electron chi connectivity index (χ1n) is 10.7. The van der Waals surface area contributed by atoms with E-state index in [9.17, 15) is 9.59 Å². The number of hydrogen-bond acceptors (Lipinski definition) is 4. The predicted molar refractivity (Wildman–Crippen MR) is 106 cm³/mol. The van der Waals surface area contributed by atoms with Crippen molar-refractivity contribution >= 4 is 11.9 Å². The zero-order valence-electron chi connectivity index (χ0n) is 16.9. The standard InChI is InChI=1S/C23H31NO4/c1-3-27-22(26)19-6-4-5-7-20(19)28-14-21(25)24-15(2)23-11-16-8-17(12-23)10-18(9-16)13-23/h4-7,15-18H,3,8-14H2,1-2H3,(H,24,25)/t15-,16?,17?,18?,23?/m1/s1. The highest BCUT2D eigenvalue weighted by Crippen LogP contribution is 2.61. The number of carbonyl (C=O) groups is 2. The van der Waals surface area contributed by atoms with Crippen molar-refractivity contribution in [2.45, 2.75) is 58.4 Å². The molecule has 5 nitrogen and oxygen atoms in total. The first-order chi connectivity index (χ1) is 13.5. The van der Waals surface area contributed by atoms with Crippen molar-refractivity contribution in [2.24, 2.45) is 23.2 Å². The molecule has 1 N–H and O–H groups in total. The molecule has 0 unspecified atom stereocenters. The summed E-state index contributed by atoms with van der Waals surface area (Å²) in [6.45, 7) is 4.14. The summed E-state index contributed by atoms with van der Waals surface area (Å²) in [5, 5.41) is 3.20. The van der Waals surface area contributed by atoms with E-state index in [1.165, 1.54) is 38.5 Å². The number of carbonyl (C=O) groups excluding carboxylic acids is 2. The van der Waals surface area contributed by atoms with E-state index in [2.05, 4.69) is 12.2 Å². The van der Waals surface area contributed by atoms with Crippen molar-refractivity contribution < 1.29 is 19.1 Å². The van der Waals surface area contributed by atoms with Crippen LogP contribution >= 0.6 is 0 Å². The first kappa shape index (κ1) is 19.3. The van der Waals surface area contributed by atoms with Crippen LogP contribution in [0.5, 0.6) is 5.75 Å². The molecule has 0 saturated heterocycles. The van der Waals surface area contributed by atoms with Gasteiger partial charge in [0.1, 0.15) is 11.3 Å². The molecule has 5 rings (SSSR count). The SMILES string of the molecule is CCOC(=O)c1ccccc1OCC(=O)N[C@H](C)C12CC3CC(CC(C3)C1)C2. The van der Waals surface area contributed by atoms with Gasteiger partial charge in [0, 0.05) is 6.04 Å². The molecule has 0 aliphatic heterocycles. The van der Waals surface area contributed by atoms with Crippen LogP contribution in [-0.2, 0) is 9.53 Å². The molecule has 1 amide bonds. The summed E-state index contributed by atoms with van der Waals surface area (Å²) in [6, 6.07) is 7.06. The van der Waals surface area contributed by atoms with E-state index in [-0.39, 0.29) is 24.0 Å². The van der Waals surface area contributed by atoms with Crippen LogP contribution < -0.4 is 10.1 Å². The number of hydrogen-bond donors (Lipinski definition) is 1. The number of rotatable bonds is 7. The topological polar surface area (TPSA) is 64.6 Å². The third-order valence-corrected chi connectivity index (χ3v) is 7.12. The zero-order chi connectivity index (χ0) is 19.7. The average Bonchev–Trinajstić information content (AvgIpc) is 2.65. The maximum Gasteiger partial charge on any atom is 0.341 e. The van der Waals surface area contributed by atoms with E-state index >= 15 is 0 Å². The van der Waals surface area contributed by atoms with Crippen LogP contribution in [0, 0.1) is 23.2 Å². The quantitative estimate of drug-likeness (QED) is 0.722. The highest BCUT2D eigenvalue weighted by Gasteiger charge is 2.53. The minimum Gasteiger partial charge on any atom is -0.483 e. The van der Waals surface area contributed by atoms with Gasteiger partial charge in [0.25, 0.3) is 5.91 Å². The summed E-state index contributed by atoms with van der Waals surface area (Å²) in [5.41, 5.74) is 0.624. The lowest BCUT2D eigenvalue weighted by molar-refractivity contribution is -0.127. The molecule has 4 fully saturated rings. The predicted octanol–water partition coefficient (Wildman–Crippen LogP) is 3.96. The average molecular weight is 386 g/mol. The third-order valence-electron chi connectivity index (χ3n) is 7.12. The summed E-state index contributed by atoms with van der Waals surface area (Å²) in [7, 11) is 0. The van der Waals surface area contributed by atoms with Gasteiger partial charge in [0.2, 0.25) is 0 Å². The van der Waals surface area contributed by atoms with Gasteiger partial charge in [-0.1, -0.05) is 12.1 Å². The highest BCUT2D eigenvalue weighted by atomic mass is 16.5. The van der Waals surface area contributed by atoms with Crippen molar-refractivity contribution in [1.82, 2.24) is 5.32 Å². The Labute approximate surface area is 167 Å². The second-order valence-electron chi connectivity index (χ2n) is 9.07. The molecule has 28 heavy (non-hydrogen) atoms. The lowest BCUT2D eigenvalue weighted by Crippen LogP contribution is -2.56. The molecule has 4 bridgehead atoms. The van der Waals surface area contributed by atoms with E-state index in [1.54, 1.807) is 31.2 Å². The molecule has 4 aliphatic rings. The fourth-order valence-electron chi connectivity index (χ4n) is 6.26. The second kappa shape index (κ2) is 7.76. The Hall–Kier alpha value is -2.04. The molecule has 4 aliphatic carbocycles. The first-order valence-corrected chi connectivity index (χ1v) is 10.7. The summed E-state index contributed by atoms with van der Waals surface area (Å²) in [4.78, 5) is 24.6. The molecular formula is C23H31NO4. The second-order valence-corrected chi connectivity index (χ2v) is 9.07. The Balaban J connectivity index is 1.35. The summed E-state index contributed by atoms with van der Waals surface area (Å²) in [5.74, 6) is 2.41. The Kier molecular flexibility index (Phi) is 5.35. The summed E-state index contributed by atoms with van der Waals surface area (Å²) >= 11 is 0. The van der Waals surface area contributed by atoms with Gasteiger partial charge < -0.3 is 14.8 Å². The molecule has 5 heteroatoms. The zero-order valence-corrected chi connectivity index (χ0v) is 16.9. The monoisotopic (exact) mass is 385 g/mol. The van der Waals surface area contributed by atoms with Crippen molar-refractivity contribution in [3.63, 3.8) is 0 Å². The smallest absolute Gasteiger partial charge is 0.341 e. The molecule has 0 spiro atoms. The van der Waals surface area contributed by atoms with E-state index in [0.717, 1.165) is 17.8 Å². The van der Waals surface area contributed by atoms with Crippen LogP contribution in [0.4, 0.5) is 0 Å². The van der Waals surface area contributed by atoms with E-state index in [0.29, 0.717) is 17.9 Å². The van der Waals surface area contributed by atoms with Gasteiger partial charge >= 0.3 is 5.97 Å². The minimum absolute atomic E-state index is 0.0902. The van der Waals surface area contributed by atoms with Crippen molar-refractivity contribution in [3.05, 3.63) is 29.8 Å². The summed E-state index contributed by atoms with van der Waals surface area (Å²) < 4.78 is 10.7. The highest BCUT2D eigenvalue weighted by molar-refractivity contribution is 5.92.